The second-order valence-corrected chi connectivity index (χ2v) is 5.44. The van der Waals surface area contributed by atoms with Gasteiger partial charge in [-0.2, -0.15) is 0 Å². The third-order valence-corrected chi connectivity index (χ3v) is 3.52. The summed E-state index contributed by atoms with van der Waals surface area (Å²) in [5.74, 6) is -0.881. The minimum absolute atomic E-state index is 0.0195. The lowest BCUT2D eigenvalue weighted by atomic mass is 10.4. The largest absolute Gasteiger partial charge is 0.481 e. The number of carbonyl (C=O) groups is 1. The summed E-state index contributed by atoms with van der Waals surface area (Å²) in [6.45, 7) is 5.10. The molecule has 2 aromatic rings. The van der Waals surface area contributed by atoms with Gasteiger partial charge in [-0.05, 0) is 26.0 Å². The number of hydrogen-bond donors (Lipinski definition) is 1. The smallest absolute Gasteiger partial charge is 0.313 e. The summed E-state index contributed by atoms with van der Waals surface area (Å²) in [4.78, 5) is 19.4. The standard InChI is InChI=1S/C13H17N3O3S/c1-9(2)19-7-6-16-12-10(4-3-5-14-12)15-13(16)20-8-11(17)18/h3-5,9H,6-8H2,1-2H3,(H,17,18). The highest BCUT2D eigenvalue weighted by molar-refractivity contribution is 7.99. The van der Waals surface area contributed by atoms with Crippen molar-refractivity contribution in [2.24, 2.45) is 0 Å². The maximum absolute atomic E-state index is 10.7. The Kier molecular flexibility index (Phi) is 4.97. The second kappa shape index (κ2) is 6.71. The lowest BCUT2D eigenvalue weighted by Gasteiger charge is -2.10. The molecule has 0 amide bonds. The number of aliphatic carboxylic acids is 1. The molecule has 0 aliphatic rings. The monoisotopic (exact) mass is 295 g/mol. The summed E-state index contributed by atoms with van der Waals surface area (Å²) in [5, 5.41) is 9.45. The Labute approximate surface area is 121 Å². The number of pyridine rings is 1. The first-order valence-electron chi connectivity index (χ1n) is 6.35. The van der Waals surface area contributed by atoms with E-state index in [0.717, 1.165) is 11.2 Å². The van der Waals surface area contributed by atoms with E-state index in [1.165, 1.54) is 11.8 Å². The zero-order valence-electron chi connectivity index (χ0n) is 11.4. The molecule has 2 rings (SSSR count). The quantitative estimate of drug-likeness (QED) is 0.788. The predicted octanol–water partition coefficient (Wildman–Crippen LogP) is 2.03. The number of carboxylic acid groups (broad SMARTS) is 1. The van der Waals surface area contributed by atoms with Crippen molar-refractivity contribution in [1.29, 1.82) is 0 Å². The molecule has 0 atom stereocenters. The first kappa shape index (κ1) is 14.8. The van der Waals surface area contributed by atoms with Crippen LogP contribution in [0.15, 0.2) is 23.5 Å². The van der Waals surface area contributed by atoms with Crippen molar-refractivity contribution >= 4 is 28.9 Å². The van der Waals surface area contributed by atoms with Gasteiger partial charge in [0.2, 0.25) is 0 Å². The molecule has 0 unspecified atom stereocenters. The van der Waals surface area contributed by atoms with E-state index >= 15 is 0 Å². The molecule has 0 aliphatic heterocycles. The molecule has 0 radical (unpaired) electrons. The van der Waals surface area contributed by atoms with Gasteiger partial charge in [0.1, 0.15) is 5.52 Å². The zero-order chi connectivity index (χ0) is 14.5. The van der Waals surface area contributed by atoms with Crippen LogP contribution >= 0.6 is 11.8 Å². The van der Waals surface area contributed by atoms with Crippen molar-refractivity contribution in [3.05, 3.63) is 18.3 Å². The van der Waals surface area contributed by atoms with Gasteiger partial charge in [-0.25, -0.2) is 9.97 Å². The van der Waals surface area contributed by atoms with Crippen LogP contribution in [0.4, 0.5) is 0 Å². The Morgan fingerprint density at radius 1 is 1.55 bits per heavy atom. The topological polar surface area (TPSA) is 77.2 Å². The van der Waals surface area contributed by atoms with Gasteiger partial charge >= 0.3 is 5.97 Å². The Balaban J connectivity index is 2.22. The van der Waals surface area contributed by atoms with E-state index in [1.807, 2.05) is 30.5 Å². The van der Waals surface area contributed by atoms with Crippen LogP contribution in [0.5, 0.6) is 0 Å². The number of ether oxygens (including phenoxy) is 1. The minimum atomic E-state index is -0.861. The average molecular weight is 295 g/mol. The molecule has 0 bridgehead atoms. The van der Waals surface area contributed by atoms with E-state index in [1.54, 1.807) is 6.20 Å². The van der Waals surface area contributed by atoms with E-state index in [4.69, 9.17) is 9.84 Å². The predicted molar refractivity (Wildman–Crippen MR) is 77.0 cm³/mol. The summed E-state index contributed by atoms with van der Waals surface area (Å²) in [5.41, 5.74) is 1.53. The number of nitrogens with zero attached hydrogens (tertiary/aromatic N) is 3. The van der Waals surface area contributed by atoms with Crippen LogP contribution in [-0.4, -0.2) is 44.1 Å². The molecule has 7 heteroatoms. The number of thioether (sulfide) groups is 1. The van der Waals surface area contributed by atoms with Crippen molar-refractivity contribution in [2.75, 3.05) is 12.4 Å². The first-order valence-corrected chi connectivity index (χ1v) is 7.34. The first-order chi connectivity index (χ1) is 9.58. The average Bonchev–Trinajstić information content (AvgIpc) is 2.74. The molecule has 6 nitrogen and oxygen atoms in total. The number of carboxylic acids is 1. The molecule has 0 aromatic carbocycles. The van der Waals surface area contributed by atoms with Gasteiger partial charge in [0, 0.05) is 6.20 Å². The lowest BCUT2D eigenvalue weighted by molar-refractivity contribution is -0.133. The van der Waals surface area contributed by atoms with Gasteiger partial charge in [-0.3, -0.25) is 4.79 Å². The number of imidazole rings is 1. The fourth-order valence-electron chi connectivity index (χ4n) is 1.76. The van der Waals surface area contributed by atoms with Crippen LogP contribution in [0, 0.1) is 0 Å². The SMILES string of the molecule is CC(C)OCCn1c(SCC(=O)O)nc2cccnc21. The highest BCUT2D eigenvalue weighted by atomic mass is 32.2. The molecule has 0 spiro atoms. The van der Waals surface area contributed by atoms with Crippen molar-refractivity contribution < 1.29 is 14.6 Å². The molecule has 0 saturated heterocycles. The zero-order valence-corrected chi connectivity index (χ0v) is 12.3. The van der Waals surface area contributed by atoms with Crippen LogP contribution in [0.3, 0.4) is 0 Å². The Morgan fingerprint density at radius 2 is 2.35 bits per heavy atom. The van der Waals surface area contributed by atoms with E-state index in [0.29, 0.717) is 18.3 Å². The fourth-order valence-corrected chi connectivity index (χ4v) is 2.50. The summed E-state index contributed by atoms with van der Waals surface area (Å²) < 4.78 is 7.45. The Hall–Kier alpha value is -1.60. The minimum Gasteiger partial charge on any atom is -0.481 e. The molecule has 20 heavy (non-hydrogen) atoms. The molecule has 1 N–H and O–H groups in total. The van der Waals surface area contributed by atoms with Crippen molar-refractivity contribution in [3.8, 4) is 0 Å². The second-order valence-electron chi connectivity index (χ2n) is 4.49. The molecule has 0 fully saturated rings. The van der Waals surface area contributed by atoms with E-state index in [2.05, 4.69) is 9.97 Å². The van der Waals surface area contributed by atoms with Gasteiger partial charge in [0.25, 0.3) is 0 Å². The summed E-state index contributed by atoms with van der Waals surface area (Å²) in [6, 6.07) is 3.68. The number of aromatic nitrogens is 3. The van der Waals surface area contributed by atoms with E-state index in [-0.39, 0.29) is 11.9 Å². The normalized spacial score (nSPS) is 11.3. The summed E-state index contributed by atoms with van der Waals surface area (Å²) >= 11 is 1.20. The van der Waals surface area contributed by atoms with Gasteiger partial charge in [-0.15, -0.1) is 0 Å². The Bertz CT molecular complexity index is 598. The molecule has 2 aromatic heterocycles. The molecule has 108 valence electrons. The Morgan fingerprint density at radius 3 is 3.05 bits per heavy atom. The van der Waals surface area contributed by atoms with Gasteiger partial charge in [0.15, 0.2) is 10.8 Å². The molecule has 0 aliphatic carbocycles. The van der Waals surface area contributed by atoms with Crippen molar-refractivity contribution in [2.45, 2.75) is 31.7 Å². The van der Waals surface area contributed by atoms with E-state index in [9.17, 15) is 4.79 Å². The van der Waals surface area contributed by atoms with E-state index < -0.39 is 5.97 Å². The van der Waals surface area contributed by atoms with Crippen LogP contribution in [0.2, 0.25) is 0 Å². The lowest BCUT2D eigenvalue weighted by Crippen LogP contribution is -2.12. The van der Waals surface area contributed by atoms with Gasteiger partial charge in [0.05, 0.1) is 25.0 Å². The maximum atomic E-state index is 10.7. The molecule has 2 heterocycles. The van der Waals surface area contributed by atoms with Crippen LogP contribution in [0.1, 0.15) is 13.8 Å². The van der Waals surface area contributed by atoms with Crippen LogP contribution in [0.25, 0.3) is 11.2 Å². The maximum Gasteiger partial charge on any atom is 0.313 e. The molecular weight excluding hydrogens is 278 g/mol. The number of rotatable bonds is 7. The third-order valence-electron chi connectivity index (χ3n) is 2.56. The third kappa shape index (κ3) is 3.71. The summed E-state index contributed by atoms with van der Waals surface area (Å²) in [6.07, 6.45) is 1.86. The fraction of sp³-hybridized carbons (Fsp3) is 0.462. The van der Waals surface area contributed by atoms with Crippen molar-refractivity contribution in [1.82, 2.24) is 14.5 Å². The van der Waals surface area contributed by atoms with Gasteiger partial charge in [-0.1, -0.05) is 11.8 Å². The molecular formula is C13H17N3O3S. The highest BCUT2D eigenvalue weighted by Crippen LogP contribution is 2.22. The number of fused-ring (bicyclic) bond motifs is 1. The van der Waals surface area contributed by atoms with Crippen LogP contribution in [-0.2, 0) is 16.1 Å². The van der Waals surface area contributed by atoms with Crippen molar-refractivity contribution in [3.63, 3.8) is 0 Å². The van der Waals surface area contributed by atoms with Crippen LogP contribution < -0.4 is 0 Å². The van der Waals surface area contributed by atoms with Gasteiger partial charge < -0.3 is 14.4 Å². The molecule has 0 saturated carbocycles. The summed E-state index contributed by atoms with van der Waals surface area (Å²) in [7, 11) is 0. The number of hydrogen-bond acceptors (Lipinski definition) is 5. The highest BCUT2D eigenvalue weighted by Gasteiger charge is 2.13.